The number of hydrogen-bond donors (Lipinski definition) is 0. The SMILES string of the molecule is Cc1nc(CN(C)c2c(C#N)c(=O)n(C)c(=O)n2C)no1. The van der Waals surface area contributed by atoms with E-state index in [-0.39, 0.29) is 17.9 Å². The molecule has 0 bridgehead atoms. The van der Waals surface area contributed by atoms with Crippen LogP contribution in [-0.2, 0) is 20.6 Å². The summed E-state index contributed by atoms with van der Waals surface area (Å²) in [5, 5.41) is 13.0. The molecule has 2 aromatic rings. The van der Waals surface area contributed by atoms with Crippen LogP contribution in [0.15, 0.2) is 14.1 Å². The first kappa shape index (κ1) is 14.5. The van der Waals surface area contributed by atoms with Gasteiger partial charge in [-0.2, -0.15) is 10.2 Å². The van der Waals surface area contributed by atoms with Gasteiger partial charge in [-0.3, -0.25) is 13.9 Å². The lowest BCUT2D eigenvalue weighted by atomic mass is 10.3. The maximum absolute atomic E-state index is 12.0. The Morgan fingerprint density at radius 1 is 1.33 bits per heavy atom. The second-order valence-electron chi connectivity index (χ2n) is 4.60. The van der Waals surface area contributed by atoms with Crippen LogP contribution in [0.2, 0.25) is 0 Å². The van der Waals surface area contributed by atoms with E-state index in [9.17, 15) is 14.9 Å². The van der Waals surface area contributed by atoms with Gasteiger partial charge in [-0.05, 0) is 0 Å². The third kappa shape index (κ3) is 2.43. The summed E-state index contributed by atoms with van der Waals surface area (Å²) in [6.45, 7) is 1.86. The molecule has 0 spiro atoms. The summed E-state index contributed by atoms with van der Waals surface area (Å²) in [4.78, 5) is 29.6. The summed E-state index contributed by atoms with van der Waals surface area (Å²) in [6.07, 6.45) is 0. The second-order valence-corrected chi connectivity index (χ2v) is 4.60. The molecule has 2 aromatic heterocycles. The van der Waals surface area contributed by atoms with E-state index in [0.29, 0.717) is 11.7 Å². The standard InChI is InChI=1S/C12H14N6O3/c1-7-14-9(15-21-7)6-16(2)10-8(5-13)11(19)18(4)12(20)17(10)3/h6H2,1-4H3. The average molecular weight is 290 g/mol. The number of nitriles is 1. The normalized spacial score (nSPS) is 10.4. The molecule has 110 valence electrons. The van der Waals surface area contributed by atoms with Crippen LogP contribution in [-0.4, -0.2) is 26.3 Å². The minimum absolute atomic E-state index is 0.109. The Morgan fingerprint density at radius 2 is 2.00 bits per heavy atom. The maximum Gasteiger partial charge on any atom is 0.332 e. The zero-order valence-electron chi connectivity index (χ0n) is 12.1. The van der Waals surface area contributed by atoms with Gasteiger partial charge in [0.2, 0.25) is 5.89 Å². The molecular formula is C12H14N6O3. The Balaban J connectivity index is 2.55. The number of anilines is 1. The van der Waals surface area contributed by atoms with Gasteiger partial charge < -0.3 is 9.42 Å². The molecule has 0 aliphatic carbocycles. The molecule has 0 aliphatic heterocycles. The fraction of sp³-hybridized carbons (Fsp3) is 0.417. The summed E-state index contributed by atoms with van der Waals surface area (Å²) in [5.41, 5.74) is -1.25. The fourth-order valence-electron chi connectivity index (χ4n) is 2.07. The van der Waals surface area contributed by atoms with Gasteiger partial charge in [0.25, 0.3) is 5.56 Å². The highest BCUT2D eigenvalue weighted by molar-refractivity contribution is 5.52. The van der Waals surface area contributed by atoms with Gasteiger partial charge in [-0.15, -0.1) is 0 Å². The summed E-state index contributed by atoms with van der Waals surface area (Å²) in [6, 6.07) is 1.85. The molecule has 0 saturated carbocycles. The predicted octanol–water partition coefficient (Wildman–Crippen LogP) is -0.716. The summed E-state index contributed by atoms with van der Waals surface area (Å²) in [5.74, 6) is 1.02. The monoisotopic (exact) mass is 290 g/mol. The predicted molar refractivity (Wildman–Crippen MR) is 72.8 cm³/mol. The first-order chi connectivity index (χ1) is 9.86. The van der Waals surface area contributed by atoms with Gasteiger partial charge >= 0.3 is 5.69 Å². The molecule has 0 saturated heterocycles. The lowest BCUT2D eigenvalue weighted by Gasteiger charge is -2.21. The van der Waals surface area contributed by atoms with Crippen LogP contribution in [0.4, 0.5) is 5.82 Å². The summed E-state index contributed by atoms with van der Waals surface area (Å²) < 4.78 is 7.01. The molecule has 9 heteroatoms. The van der Waals surface area contributed by atoms with Gasteiger partial charge in [0.1, 0.15) is 11.9 Å². The Hall–Kier alpha value is -2.89. The van der Waals surface area contributed by atoms with Crippen molar-refractivity contribution in [1.82, 2.24) is 19.3 Å². The van der Waals surface area contributed by atoms with Gasteiger partial charge in [0, 0.05) is 28.1 Å². The van der Waals surface area contributed by atoms with Crippen LogP contribution in [0.1, 0.15) is 17.3 Å². The number of aromatic nitrogens is 4. The fourth-order valence-corrected chi connectivity index (χ4v) is 2.07. The third-order valence-electron chi connectivity index (χ3n) is 3.06. The van der Waals surface area contributed by atoms with E-state index < -0.39 is 11.2 Å². The van der Waals surface area contributed by atoms with Crippen molar-refractivity contribution in [3.05, 3.63) is 38.1 Å². The van der Waals surface area contributed by atoms with E-state index in [4.69, 9.17) is 4.52 Å². The van der Waals surface area contributed by atoms with E-state index in [1.165, 1.54) is 18.7 Å². The van der Waals surface area contributed by atoms with Crippen LogP contribution in [0.5, 0.6) is 0 Å². The van der Waals surface area contributed by atoms with Gasteiger partial charge in [-0.25, -0.2) is 4.79 Å². The molecule has 2 heterocycles. The molecule has 9 nitrogen and oxygen atoms in total. The quantitative estimate of drug-likeness (QED) is 0.733. The maximum atomic E-state index is 12.0. The van der Waals surface area contributed by atoms with E-state index >= 15 is 0 Å². The number of aryl methyl sites for hydroxylation is 1. The van der Waals surface area contributed by atoms with E-state index in [1.54, 1.807) is 18.9 Å². The molecule has 0 fully saturated rings. The van der Waals surface area contributed by atoms with Crippen LogP contribution in [0.25, 0.3) is 0 Å². The lowest BCUT2D eigenvalue weighted by Crippen LogP contribution is -2.41. The Morgan fingerprint density at radius 3 is 2.52 bits per heavy atom. The minimum Gasteiger partial charge on any atom is -0.352 e. The average Bonchev–Trinajstić information content (AvgIpc) is 2.85. The van der Waals surface area contributed by atoms with Crippen molar-refractivity contribution in [3.8, 4) is 6.07 Å². The van der Waals surface area contributed by atoms with Crippen LogP contribution in [0.3, 0.4) is 0 Å². The van der Waals surface area contributed by atoms with Gasteiger partial charge in [0.05, 0.1) is 6.54 Å². The van der Waals surface area contributed by atoms with Crippen molar-refractivity contribution in [2.75, 3.05) is 11.9 Å². The van der Waals surface area contributed by atoms with Crippen LogP contribution in [0, 0.1) is 18.3 Å². The topological polar surface area (TPSA) is 110 Å². The molecule has 0 amide bonds. The Labute approximate surface area is 119 Å². The third-order valence-corrected chi connectivity index (χ3v) is 3.06. The molecule has 21 heavy (non-hydrogen) atoms. The molecule has 0 N–H and O–H groups in total. The number of hydrogen-bond acceptors (Lipinski definition) is 7. The number of nitrogens with zero attached hydrogens (tertiary/aromatic N) is 6. The van der Waals surface area contributed by atoms with Crippen LogP contribution < -0.4 is 16.1 Å². The summed E-state index contributed by atoms with van der Waals surface area (Å²) >= 11 is 0. The molecule has 0 unspecified atom stereocenters. The zero-order chi connectivity index (χ0) is 15.7. The largest absolute Gasteiger partial charge is 0.352 e. The first-order valence-electron chi connectivity index (χ1n) is 6.07. The van der Waals surface area contributed by atoms with E-state index in [2.05, 4.69) is 10.1 Å². The lowest BCUT2D eigenvalue weighted by molar-refractivity contribution is 0.387. The highest BCUT2D eigenvalue weighted by Gasteiger charge is 2.19. The van der Waals surface area contributed by atoms with Crippen molar-refractivity contribution in [3.63, 3.8) is 0 Å². The second kappa shape index (κ2) is 5.24. The molecule has 0 atom stereocenters. The van der Waals surface area contributed by atoms with Gasteiger partial charge in [-0.1, -0.05) is 5.16 Å². The zero-order valence-corrected chi connectivity index (χ0v) is 12.1. The van der Waals surface area contributed by atoms with Crippen molar-refractivity contribution >= 4 is 5.82 Å². The highest BCUT2D eigenvalue weighted by Crippen LogP contribution is 2.14. The van der Waals surface area contributed by atoms with E-state index in [1.807, 2.05) is 6.07 Å². The molecule has 0 aliphatic rings. The Bertz CT molecular complexity index is 838. The minimum atomic E-state index is -0.633. The van der Waals surface area contributed by atoms with Crippen molar-refractivity contribution in [1.29, 1.82) is 5.26 Å². The smallest absolute Gasteiger partial charge is 0.332 e. The molecule has 0 radical (unpaired) electrons. The Kier molecular flexibility index (Phi) is 3.62. The molecule has 0 aromatic carbocycles. The molecular weight excluding hydrogens is 276 g/mol. The van der Waals surface area contributed by atoms with Gasteiger partial charge in [0.15, 0.2) is 11.4 Å². The summed E-state index contributed by atoms with van der Waals surface area (Å²) in [7, 11) is 4.47. The van der Waals surface area contributed by atoms with Crippen LogP contribution >= 0.6 is 0 Å². The van der Waals surface area contributed by atoms with Crippen molar-refractivity contribution in [2.24, 2.45) is 14.1 Å². The van der Waals surface area contributed by atoms with Crippen molar-refractivity contribution < 1.29 is 4.52 Å². The molecule has 2 rings (SSSR count). The first-order valence-corrected chi connectivity index (χ1v) is 6.07. The van der Waals surface area contributed by atoms with Crippen molar-refractivity contribution in [2.45, 2.75) is 13.5 Å². The number of rotatable bonds is 3. The van der Waals surface area contributed by atoms with E-state index in [0.717, 1.165) is 4.57 Å². The highest BCUT2D eigenvalue weighted by atomic mass is 16.5.